The minimum absolute atomic E-state index is 0.246. The summed E-state index contributed by atoms with van der Waals surface area (Å²) in [5.41, 5.74) is 2.56. The minimum atomic E-state index is -3.49. The molecule has 1 heterocycles. The Morgan fingerprint density at radius 3 is 2.44 bits per heavy atom. The molecule has 1 aliphatic heterocycles. The molecule has 16 heavy (non-hydrogen) atoms. The van der Waals surface area contributed by atoms with E-state index in [0.29, 0.717) is 5.69 Å². The maximum absolute atomic E-state index is 11.9. The van der Waals surface area contributed by atoms with Crippen molar-refractivity contribution in [2.45, 2.75) is 18.7 Å². The Labute approximate surface area is 94.6 Å². The number of fused-ring (bicyclic) bond motifs is 1. The van der Waals surface area contributed by atoms with Gasteiger partial charge >= 0.3 is 0 Å². The lowest BCUT2D eigenvalue weighted by atomic mass is 10.1. The van der Waals surface area contributed by atoms with E-state index in [2.05, 4.69) is 15.0 Å². The molecule has 0 fully saturated rings. The molecule has 0 radical (unpaired) electrons. The lowest BCUT2D eigenvalue weighted by molar-refractivity contribution is 0.591. The third kappa shape index (κ3) is 1.65. The predicted molar refractivity (Wildman–Crippen MR) is 63.2 cm³/mol. The first-order valence-corrected chi connectivity index (χ1v) is 6.30. The van der Waals surface area contributed by atoms with E-state index in [-0.39, 0.29) is 10.9 Å². The van der Waals surface area contributed by atoms with Gasteiger partial charge in [0.15, 0.2) is 0 Å². The standard InChI is InChI=1S/C10H13N3O2S/c1-6-4-8-9(5-7(6)2)16(14,15)13-10(11-3)12-8/h4-5H,1-3H3,(H2,11,12,13). The van der Waals surface area contributed by atoms with Crippen molar-refractivity contribution in [1.82, 2.24) is 4.72 Å². The van der Waals surface area contributed by atoms with Gasteiger partial charge in [-0.05, 0) is 37.1 Å². The van der Waals surface area contributed by atoms with Gasteiger partial charge < -0.3 is 5.32 Å². The first-order valence-electron chi connectivity index (χ1n) is 4.82. The number of nitrogens with one attached hydrogen (secondary N) is 2. The Morgan fingerprint density at radius 1 is 1.19 bits per heavy atom. The highest BCUT2D eigenvalue weighted by Gasteiger charge is 2.26. The minimum Gasteiger partial charge on any atom is -0.324 e. The molecule has 0 amide bonds. The Kier molecular flexibility index (Phi) is 2.38. The number of benzene rings is 1. The molecule has 2 N–H and O–H groups in total. The molecule has 5 nitrogen and oxygen atoms in total. The van der Waals surface area contributed by atoms with Crippen LogP contribution in [0, 0.1) is 13.8 Å². The van der Waals surface area contributed by atoms with Crippen LogP contribution >= 0.6 is 0 Å². The van der Waals surface area contributed by atoms with Crippen molar-refractivity contribution >= 4 is 21.7 Å². The average molecular weight is 239 g/mol. The van der Waals surface area contributed by atoms with Gasteiger partial charge in [-0.3, -0.25) is 4.99 Å². The maximum atomic E-state index is 11.9. The number of sulfonamides is 1. The van der Waals surface area contributed by atoms with Gasteiger partial charge in [0.05, 0.1) is 5.69 Å². The fourth-order valence-electron chi connectivity index (χ4n) is 1.55. The molecule has 0 aliphatic carbocycles. The summed E-state index contributed by atoms with van der Waals surface area (Å²) in [5.74, 6) is 0.246. The summed E-state index contributed by atoms with van der Waals surface area (Å²) in [7, 11) is -1.96. The van der Waals surface area contributed by atoms with Gasteiger partial charge in [-0.2, -0.15) is 0 Å². The van der Waals surface area contributed by atoms with E-state index in [9.17, 15) is 8.42 Å². The number of hydrogen-bond donors (Lipinski definition) is 2. The van der Waals surface area contributed by atoms with Crippen LogP contribution in [0.25, 0.3) is 0 Å². The number of aliphatic imine (C=N–C) groups is 1. The zero-order valence-corrected chi connectivity index (χ0v) is 10.1. The predicted octanol–water partition coefficient (Wildman–Crippen LogP) is 0.993. The molecule has 0 saturated heterocycles. The Balaban J connectivity index is 2.70. The van der Waals surface area contributed by atoms with E-state index in [1.807, 2.05) is 19.9 Å². The highest BCUT2D eigenvalue weighted by molar-refractivity contribution is 7.90. The fraction of sp³-hybridized carbons (Fsp3) is 0.300. The SMILES string of the molecule is CN=C1Nc2cc(C)c(C)cc2S(=O)(=O)N1. The van der Waals surface area contributed by atoms with Crippen molar-refractivity contribution in [1.29, 1.82) is 0 Å². The second-order valence-electron chi connectivity index (χ2n) is 3.74. The van der Waals surface area contributed by atoms with E-state index in [0.717, 1.165) is 11.1 Å². The molecule has 0 bridgehead atoms. The summed E-state index contributed by atoms with van der Waals surface area (Å²) in [6.45, 7) is 3.82. The first kappa shape index (κ1) is 10.9. The number of hydrogen-bond acceptors (Lipinski definition) is 3. The number of nitrogens with zero attached hydrogens (tertiary/aromatic N) is 1. The molecule has 1 aliphatic rings. The second kappa shape index (κ2) is 3.48. The van der Waals surface area contributed by atoms with Crippen LogP contribution in [-0.2, 0) is 10.0 Å². The van der Waals surface area contributed by atoms with Crippen LogP contribution in [0.1, 0.15) is 11.1 Å². The van der Waals surface area contributed by atoms with Gasteiger partial charge in [0, 0.05) is 7.05 Å². The molecule has 0 atom stereocenters. The van der Waals surface area contributed by atoms with Crippen LogP contribution in [0.4, 0.5) is 5.69 Å². The zero-order chi connectivity index (χ0) is 11.9. The van der Waals surface area contributed by atoms with Gasteiger partial charge in [-0.25, -0.2) is 13.1 Å². The quantitative estimate of drug-likeness (QED) is 0.709. The number of guanidine groups is 1. The third-order valence-electron chi connectivity index (χ3n) is 2.59. The van der Waals surface area contributed by atoms with Gasteiger partial charge in [0.1, 0.15) is 4.90 Å². The molecule has 2 rings (SSSR count). The van der Waals surface area contributed by atoms with Gasteiger partial charge in [-0.1, -0.05) is 0 Å². The normalized spacial score (nSPS) is 19.8. The van der Waals surface area contributed by atoms with Gasteiger partial charge in [0.25, 0.3) is 10.0 Å². The van der Waals surface area contributed by atoms with E-state index in [1.54, 1.807) is 6.07 Å². The molecule has 86 valence electrons. The van der Waals surface area contributed by atoms with Crippen LogP contribution in [0.5, 0.6) is 0 Å². The topological polar surface area (TPSA) is 70.6 Å². The van der Waals surface area contributed by atoms with Crippen LogP contribution in [0.15, 0.2) is 22.0 Å². The summed E-state index contributed by atoms with van der Waals surface area (Å²) in [6, 6.07) is 3.47. The van der Waals surface area contributed by atoms with Crippen LogP contribution in [0.3, 0.4) is 0 Å². The van der Waals surface area contributed by atoms with Gasteiger partial charge in [0.2, 0.25) is 5.96 Å². The lowest BCUT2D eigenvalue weighted by Gasteiger charge is -2.22. The maximum Gasteiger partial charge on any atom is 0.266 e. The van der Waals surface area contributed by atoms with Crippen LogP contribution < -0.4 is 10.0 Å². The largest absolute Gasteiger partial charge is 0.324 e. The third-order valence-corrected chi connectivity index (χ3v) is 3.97. The molecular weight excluding hydrogens is 226 g/mol. The molecule has 6 heteroatoms. The summed E-state index contributed by atoms with van der Waals surface area (Å²) >= 11 is 0. The van der Waals surface area contributed by atoms with Gasteiger partial charge in [-0.15, -0.1) is 0 Å². The van der Waals surface area contributed by atoms with Crippen molar-refractivity contribution in [2.24, 2.45) is 4.99 Å². The Morgan fingerprint density at radius 2 is 1.81 bits per heavy atom. The Hall–Kier alpha value is -1.56. The number of rotatable bonds is 0. The molecule has 0 saturated carbocycles. The molecule has 0 spiro atoms. The fourth-order valence-corrected chi connectivity index (χ4v) is 2.78. The van der Waals surface area contributed by atoms with Crippen molar-refractivity contribution < 1.29 is 8.42 Å². The molecule has 0 aromatic heterocycles. The summed E-state index contributed by atoms with van der Waals surface area (Å²) in [6.07, 6.45) is 0. The first-order chi connectivity index (χ1) is 7.44. The lowest BCUT2D eigenvalue weighted by Crippen LogP contribution is -2.40. The van der Waals surface area contributed by atoms with Crippen molar-refractivity contribution in [3.63, 3.8) is 0 Å². The second-order valence-corrected chi connectivity index (χ2v) is 5.39. The highest BCUT2D eigenvalue weighted by atomic mass is 32.2. The molecular formula is C10H13N3O2S. The summed E-state index contributed by atoms with van der Waals surface area (Å²) in [5, 5.41) is 2.93. The zero-order valence-electron chi connectivity index (χ0n) is 9.33. The summed E-state index contributed by atoms with van der Waals surface area (Å²) in [4.78, 5) is 4.08. The number of anilines is 1. The van der Waals surface area contributed by atoms with E-state index in [4.69, 9.17) is 0 Å². The van der Waals surface area contributed by atoms with Crippen LogP contribution in [-0.4, -0.2) is 21.4 Å². The monoisotopic (exact) mass is 239 g/mol. The average Bonchev–Trinajstić information content (AvgIpc) is 2.20. The molecule has 0 unspecified atom stereocenters. The molecule has 1 aromatic rings. The van der Waals surface area contributed by atoms with Crippen LogP contribution in [0.2, 0.25) is 0 Å². The van der Waals surface area contributed by atoms with E-state index >= 15 is 0 Å². The van der Waals surface area contributed by atoms with E-state index < -0.39 is 10.0 Å². The van der Waals surface area contributed by atoms with E-state index in [1.165, 1.54) is 7.05 Å². The van der Waals surface area contributed by atoms with Crippen molar-refractivity contribution in [3.05, 3.63) is 23.3 Å². The number of aryl methyl sites for hydroxylation is 2. The smallest absolute Gasteiger partial charge is 0.266 e. The molecule has 1 aromatic carbocycles. The summed E-state index contributed by atoms with van der Waals surface area (Å²) < 4.78 is 26.1. The van der Waals surface area contributed by atoms with Crippen molar-refractivity contribution in [3.8, 4) is 0 Å². The Bertz CT molecular complexity index is 576. The van der Waals surface area contributed by atoms with Crippen molar-refractivity contribution in [2.75, 3.05) is 12.4 Å². The highest BCUT2D eigenvalue weighted by Crippen LogP contribution is 2.27.